The fourth-order valence-corrected chi connectivity index (χ4v) is 3.56. The van der Waals surface area contributed by atoms with Crippen LogP contribution in [0.4, 0.5) is 0 Å². The highest BCUT2D eigenvalue weighted by molar-refractivity contribution is 4.90. The number of hydrogen-bond acceptors (Lipinski definition) is 2. The van der Waals surface area contributed by atoms with E-state index in [-0.39, 0.29) is 5.54 Å². The zero-order chi connectivity index (χ0) is 13.1. The normalized spacial score (nSPS) is 25.5. The van der Waals surface area contributed by atoms with Gasteiger partial charge in [-0.05, 0) is 65.0 Å². The molecule has 2 aliphatic rings. The lowest BCUT2D eigenvalue weighted by molar-refractivity contribution is 0.108. The van der Waals surface area contributed by atoms with Gasteiger partial charge >= 0.3 is 0 Å². The number of nitrogens with one attached hydrogen (secondary N) is 1. The molecule has 0 aromatic heterocycles. The molecule has 1 aliphatic carbocycles. The van der Waals surface area contributed by atoms with Gasteiger partial charge in [-0.3, -0.25) is 0 Å². The topological polar surface area (TPSA) is 15.3 Å². The molecule has 0 aromatic carbocycles. The Hall–Kier alpha value is -0.0800. The highest BCUT2D eigenvalue weighted by atomic mass is 15.1. The Kier molecular flexibility index (Phi) is 4.71. The lowest BCUT2D eigenvalue weighted by Crippen LogP contribution is -2.49. The van der Waals surface area contributed by atoms with E-state index < -0.39 is 0 Å². The average Bonchev–Trinajstić information content (AvgIpc) is 2.80. The summed E-state index contributed by atoms with van der Waals surface area (Å²) in [5, 5.41) is 3.78. The van der Waals surface area contributed by atoms with Crippen molar-refractivity contribution in [1.29, 1.82) is 0 Å². The van der Waals surface area contributed by atoms with E-state index >= 15 is 0 Å². The van der Waals surface area contributed by atoms with Crippen molar-refractivity contribution in [2.24, 2.45) is 5.41 Å². The molecular weight excluding hydrogens is 220 g/mol. The van der Waals surface area contributed by atoms with Gasteiger partial charge in [0.25, 0.3) is 0 Å². The minimum Gasteiger partial charge on any atom is -0.311 e. The average molecular weight is 252 g/mol. The molecule has 0 spiro atoms. The summed E-state index contributed by atoms with van der Waals surface area (Å²) in [6, 6.07) is 0. The van der Waals surface area contributed by atoms with Gasteiger partial charge in [-0.25, -0.2) is 0 Å². The van der Waals surface area contributed by atoms with Crippen LogP contribution in [0.25, 0.3) is 0 Å². The van der Waals surface area contributed by atoms with Crippen LogP contribution in [0.2, 0.25) is 0 Å². The number of rotatable bonds is 4. The molecule has 18 heavy (non-hydrogen) atoms. The van der Waals surface area contributed by atoms with E-state index in [9.17, 15) is 0 Å². The number of likely N-dealkylation sites (tertiary alicyclic amines) is 1. The third-order valence-electron chi connectivity index (χ3n) is 4.67. The van der Waals surface area contributed by atoms with E-state index in [1.165, 1.54) is 71.1 Å². The Labute approximate surface area is 114 Å². The van der Waals surface area contributed by atoms with Gasteiger partial charge in [-0.15, -0.1) is 0 Å². The highest BCUT2D eigenvalue weighted by Crippen LogP contribution is 2.37. The summed E-state index contributed by atoms with van der Waals surface area (Å²) >= 11 is 0. The Morgan fingerprint density at radius 2 is 1.56 bits per heavy atom. The van der Waals surface area contributed by atoms with E-state index in [0.29, 0.717) is 5.41 Å². The smallest absolute Gasteiger partial charge is 0.00967 e. The van der Waals surface area contributed by atoms with Crippen LogP contribution in [-0.4, -0.2) is 36.6 Å². The molecule has 106 valence electrons. The van der Waals surface area contributed by atoms with E-state index in [2.05, 4.69) is 31.0 Å². The molecule has 0 unspecified atom stereocenters. The fraction of sp³-hybridized carbons (Fsp3) is 1.00. The number of nitrogens with zero attached hydrogens (tertiary/aromatic N) is 1. The summed E-state index contributed by atoms with van der Waals surface area (Å²) < 4.78 is 0. The Bertz CT molecular complexity index is 242. The summed E-state index contributed by atoms with van der Waals surface area (Å²) in [4.78, 5) is 2.72. The summed E-state index contributed by atoms with van der Waals surface area (Å²) in [7, 11) is 0. The maximum absolute atomic E-state index is 3.78. The molecule has 2 heteroatoms. The van der Waals surface area contributed by atoms with Crippen LogP contribution >= 0.6 is 0 Å². The second-order valence-electron chi connectivity index (χ2n) is 7.65. The van der Waals surface area contributed by atoms with Crippen LogP contribution in [0.15, 0.2) is 0 Å². The van der Waals surface area contributed by atoms with Crippen LogP contribution in [0.5, 0.6) is 0 Å². The molecule has 1 saturated heterocycles. The lowest BCUT2D eigenvalue weighted by atomic mass is 9.73. The van der Waals surface area contributed by atoms with Crippen LogP contribution in [0, 0.1) is 5.41 Å². The molecule has 0 atom stereocenters. The maximum Gasteiger partial charge on any atom is 0.00967 e. The summed E-state index contributed by atoms with van der Waals surface area (Å²) in [6.45, 7) is 12.1. The van der Waals surface area contributed by atoms with Gasteiger partial charge < -0.3 is 10.2 Å². The second kappa shape index (κ2) is 5.92. The zero-order valence-corrected chi connectivity index (χ0v) is 12.7. The molecule has 0 bridgehead atoms. The standard InChI is InChI=1S/C16H32N2/c1-15(2,3)17-13-16(9-5-4-6-10-16)14-18-11-7-8-12-18/h17H,4-14H2,1-3H3. The molecule has 1 heterocycles. The number of hydrogen-bond donors (Lipinski definition) is 1. The largest absolute Gasteiger partial charge is 0.311 e. The molecule has 2 nitrogen and oxygen atoms in total. The minimum atomic E-state index is 0.259. The first-order chi connectivity index (χ1) is 8.49. The quantitative estimate of drug-likeness (QED) is 0.825. The Balaban J connectivity index is 1.93. The zero-order valence-electron chi connectivity index (χ0n) is 12.7. The first-order valence-electron chi connectivity index (χ1n) is 7.97. The SMILES string of the molecule is CC(C)(C)NCC1(CN2CCCC2)CCCCC1. The Morgan fingerprint density at radius 1 is 0.944 bits per heavy atom. The van der Waals surface area contributed by atoms with Crippen molar-refractivity contribution in [3.63, 3.8) is 0 Å². The maximum atomic E-state index is 3.78. The third-order valence-corrected chi connectivity index (χ3v) is 4.67. The van der Waals surface area contributed by atoms with Gasteiger partial charge in [-0.1, -0.05) is 19.3 Å². The highest BCUT2D eigenvalue weighted by Gasteiger charge is 2.35. The van der Waals surface area contributed by atoms with E-state index in [1.54, 1.807) is 0 Å². The van der Waals surface area contributed by atoms with Gasteiger partial charge in [0, 0.05) is 18.6 Å². The Morgan fingerprint density at radius 3 is 2.11 bits per heavy atom. The van der Waals surface area contributed by atoms with E-state index in [4.69, 9.17) is 0 Å². The molecule has 2 rings (SSSR count). The van der Waals surface area contributed by atoms with Crippen molar-refractivity contribution >= 4 is 0 Å². The van der Waals surface area contributed by atoms with Crippen molar-refractivity contribution < 1.29 is 0 Å². The van der Waals surface area contributed by atoms with Gasteiger partial charge in [0.15, 0.2) is 0 Å². The molecule has 0 amide bonds. The van der Waals surface area contributed by atoms with Gasteiger partial charge in [0.1, 0.15) is 0 Å². The fourth-order valence-electron chi connectivity index (χ4n) is 3.56. The van der Waals surface area contributed by atoms with Gasteiger partial charge in [0.2, 0.25) is 0 Å². The summed E-state index contributed by atoms with van der Waals surface area (Å²) in [6.07, 6.45) is 10.1. The monoisotopic (exact) mass is 252 g/mol. The van der Waals surface area contributed by atoms with Gasteiger partial charge in [-0.2, -0.15) is 0 Å². The molecule has 1 saturated carbocycles. The summed E-state index contributed by atoms with van der Waals surface area (Å²) in [5.74, 6) is 0. The first kappa shape index (κ1) is 14.3. The predicted molar refractivity (Wildman–Crippen MR) is 78.9 cm³/mol. The molecule has 1 aliphatic heterocycles. The van der Waals surface area contributed by atoms with Crippen LogP contribution in [0.3, 0.4) is 0 Å². The van der Waals surface area contributed by atoms with Crippen LogP contribution in [0.1, 0.15) is 65.7 Å². The van der Waals surface area contributed by atoms with Crippen molar-refractivity contribution in [2.45, 2.75) is 71.3 Å². The molecule has 2 fully saturated rings. The molecular formula is C16H32N2. The summed E-state index contributed by atoms with van der Waals surface area (Å²) in [5.41, 5.74) is 0.825. The molecule has 0 radical (unpaired) electrons. The second-order valence-corrected chi connectivity index (χ2v) is 7.65. The van der Waals surface area contributed by atoms with Crippen LogP contribution < -0.4 is 5.32 Å². The van der Waals surface area contributed by atoms with E-state index in [1.807, 2.05) is 0 Å². The van der Waals surface area contributed by atoms with Crippen molar-refractivity contribution in [1.82, 2.24) is 10.2 Å². The van der Waals surface area contributed by atoms with Crippen LogP contribution in [-0.2, 0) is 0 Å². The third kappa shape index (κ3) is 4.24. The minimum absolute atomic E-state index is 0.259. The van der Waals surface area contributed by atoms with Crippen molar-refractivity contribution in [3.8, 4) is 0 Å². The predicted octanol–water partition coefficient (Wildman–Crippen LogP) is 3.42. The lowest BCUT2D eigenvalue weighted by Gasteiger charge is -2.42. The van der Waals surface area contributed by atoms with E-state index in [0.717, 1.165) is 0 Å². The first-order valence-corrected chi connectivity index (χ1v) is 7.97. The van der Waals surface area contributed by atoms with Crippen molar-refractivity contribution in [3.05, 3.63) is 0 Å². The molecule has 1 N–H and O–H groups in total. The van der Waals surface area contributed by atoms with Gasteiger partial charge in [0.05, 0.1) is 0 Å². The van der Waals surface area contributed by atoms with Crippen molar-refractivity contribution in [2.75, 3.05) is 26.2 Å². The molecule has 0 aromatic rings.